The van der Waals surface area contributed by atoms with Crippen LogP contribution >= 0.6 is 0 Å². The van der Waals surface area contributed by atoms with Crippen molar-refractivity contribution in [1.29, 1.82) is 0 Å². The molecule has 0 atom stereocenters. The summed E-state index contributed by atoms with van der Waals surface area (Å²) in [6, 6.07) is 18.5. The van der Waals surface area contributed by atoms with Gasteiger partial charge >= 0.3 is 0 Å². The summed E-state index contributed by atoms with van der Waals surface area (Å²) in [5.74, 6) is -0.355. The van der Waals surface area contributed by atoms with Crippen LogP contribution in [-0.4, -0.2) is 24.0 Å². The molecule has 4 nitrogen and oxygen atoms in total. The van der Waals surface area contributed by atoms with Crippen molar-refractivity contribution in [2.45, 2.75) is 19.3 Å². The highest BCUT2D eigenvalue weighted by Crippen LogP contribution is 2.10. The second-order valence-electron chi connectivity index (χ2n) is 6.61. The number of pyridine rings is 1. The number of benzene rings is 2. The Labute approximate surface area is 164 Å². The lowest BCUT2D eigenvalue weighted by atomic mass is 10.1. The van der Waals surface area contributed by atoms with E-state index in [1.54, 1.807) is 30.6 Å². The van der Waals surface area contributed by atoms with Gasteiger partial charge in [0.15, 0.2) is 0 Å². The van der Waals surface area contributed by atoms with E-state index in [2.05, 4.69) is 27.8 Å². The highest BCUT2D eigenvalue weighted by atomic mass is 19.1. The number of aryl methyl sites for hydroxylation is 1. The van der Waals surface area contributed by atoms with Crippen molar-refractivity contribution in [3.63, 3.8) is 0 Å². The summed E-state index contributed by atoms with van der Waals surface area (Å²) in [5.41, 5.74) is 3.64. The number of rotatable bonds is 9. The predicted octanol–water partition coefficient (Wildman–Crippen LogP) is 4.24. The Hall–Kier alpha value is -3.21. The van der Waals surface area contributed by atoms with Gasteiger partial charge in [0.1, 0.15) is 5.82 Å². The van der Waals surface area contributed by atoms with Gasteiger partial charge in [0, 0.05) is 25.5 Å². The second kappa shape index (κ2) is 10.2. The van der Waals surface area contributed by atoms with Crippen LogP contribution < -0.4 is 10.6 Å². The Morgan fingerprint density at radius 1 is 0.893 bits per heavy atom. The second-order valence-corrected chi connectivity index (χ2v) is 6.61. The summed E-state index contributed by atoms with van der Waals surface area (Å²) in [6.45, 7) is 1.30. The molecule has 1 aromatic heterocycles. The van der Waals surface area contributed by atoms with E-state index in [-0.39, 0.29) is 11.7 Å². The normalized spacial score (nSPS) is 10.5. The van der Waals surface area contributed by atoms with Crippen molar-refractivity contribution in [2.75, 3.05) is 18.4 Å². The van der Waals surface area contributed by atoms with Crippen LogP contribution in [0, 0.1) is 5.82 Å². The monoisotopic (exact) mass is 377 g/mol. The van der Waals surface area contributed by atoms with E-state index in [1.807, 2.05) is 18.2 Å². The summed E-state index contributed by atoms with van der Waals surface area (Å²) >= 11 is 0. The minimum atomic E-state index is -0.233. The molecule has 1 heterocycles. The highest BCUT2D eigenvalue weighted by Gasteiger charge is 2.06. The molecule has 0 aliphatic carbocycles. The van der Waals surface area contributed by atoms with E-state index in [4.69, 9.17) is 0 Å². The first kappa shape index (κ1) is 19.5. The summed E-state index contributed by atoms with van der Waals surface area (Å²) in [7, 11) is 0. The fourth-order valence-electron chi connectivity index (χ4n) is 2.90. The molecule has 28 heavy (non-hydrogen) atoms. The lowest BCUT2D eigenvalue weighted by Crippen LogP contribution is -2.25. The van der Waals surface area contributed by atoms with Crippen LogP contribution in [0.3, 0.4) is 0 Å². The maximum Gasteiger partial charge on any atom is 0.252 e. The molecule has 0 aliphatic rings. The van der Waals surface area contributed by atoms with Crippen molar-refractivity contribution in [3.05, 3.63) is 95.6 Å². The summed E-state index contributed by atoms with van der Waals surface area (Å²) < 4.78 is 12.9. The quantitative estimate of drug-likeness (QED) is 0.549. The largest absolute Gasteiger partial charge is 0.383 e. The molecular formula is C23H24FN3O. The minimum absolute atomic E-state index is 0.122. The van der Waals surface area contributed by atoms with E-state index in [0.29, 0.717) is 18.7 Å². The predicted molar refractivity (Wildman–Crippen MR) is 110 cm³/mol. The molecule has 0 aliphatic heterocycles. The average Bonchev–Trinajstić information content (AvgIpc) is 2.73. The smallest absolute Gasteiger partial charge is 0.252 e. The van der Waals surface area contributed by atoms with E-state index >= 15 is 0 Å². The first-order valence-corrected chi connectivity index (χ1v) is 9.46. The van der Waals surface area contributed by atoms with Gasteiger partial charge in [0.25, 0.3) is 5.91 Å². The first-order chi connectivity index (χ1) is 13.7. The SMILES string of the molecule is O=C(NCCCc1ccccc1)c1cncc(NCCc2ccc(F)cc2)c1. The molecule has 2 N–H and O–H groups in total. The summed E-state index contributed by atoms with van der Waals surface area (Å²) in [4.78, 5) is 16.5. The molecule has 0 saturated heterocycles. The van der Waals surface area contributed by atoms with Crippen LogP contribution in [0.4, 0.5) is 10.1 Å². The van der Waals surface area contributed by atoms with E-state index in [9.17, 15) is 9.18 Å². The standard InChI is InChI=1S/C23H24FN3O/c24-21-10-8-19(9-11-21)12-14-26-22-15-20(16-25-17-22)23(28)27-13-4-7-18-5-2-1-3-6-18/h1-3,5-6,8-11,15-17,26H,4,7,12-14H2,(H,27,28). The molecule has 144 valence electrons. The van der Waals surface area contributed by atoms with Gasteiger partial charge < -0.3 is 10.6 Å². The fraction of sp³-hybridized carbons (Fsp3) is 0.217. The van der Waals surface area contributed by atoms with Crippen molar-refractivity contribution in [1.82, 2.24) is 10.3 Å². The van der Waals surface area contributed by atoms with Crippen LogP contribution in [0.2, 0.25) is 0 Å². The van der Waals surface area contributed by atoms with E-state index < -0.39 is 0 Å². The molecule has 2 aromatic carbocycles. The fourth-order valence-corrected chi connectivity index (χ4v) is 2.90. The third-order valence-electron chi connectivity index (χ3n) is 4.43. The van der Waals surface area contributed by atoms with Crippen LogP contribution in [0.15, 0.2) is 73.1 Å². The Bertz CT molecular complexity index is 882. The van der Waals surface area contributed by atoms with Crippen LogP contribution in [0.5, 0.6) is 0 Å². The molecule has 0 fully saturated rings. The number of carbonyl (C=O) groups excluding carboxylic acids is 1. The zero-order chi connectivity index (χ0) is 19.6. The van der Waals surface area contributed by atoms with Crippen LogP contribution in [0.25, 0.3) is 0 Å². The minimum Gasteiger partial charge on any atom is -0.383 e. The molecule has 1 amide bonds. The molecule has 0 unspecified atom stereocenters. The zero-order valence-corrected chi connectivity index (χ0v) is 15.7. The van der Waals surface area contributed by atoms with Gasteiger partial charge in [-0.3, -0.25) is 9.78 Å². The maximum atomic E-state index is 12.9. The third kappa shape index (κ3) is 6.20. The number of amides is 1. The van der Waals surface area contributed by atoms with Crippen LogP contribution in [0.1, 0.15) is 27.9 Å². The molecule has 0 bridgehead atoms. The molecule has 0 radical (unpaired) electrons. The van der Waals surface area contributed by atoms with Gasteiger partial charge in [-0.25, -0.2) is 4.39 Å². The Morgan fingerprint density at radius 2 is 1.64 bits per heavy atom. The third-order valence-corrected chi connectivity index (χ3v) is 4.43. The van der Waals surface area contributed by atoms with Crippen LogP contribution in [-0.2, 0) is 12.8 Å². The Morgan fingerprint density at radius 3 is 2.43 bits per heavy atom. The molecule has 0 saturated carbocycles. The molecule has 3 rings (SSSR count). The summed E-state index contributed by atoms with van der Waals surface area (Å²) in [5, 5.41) is 6.20. The van der Waals surface area contributed by atoms with Crippen molar-refractivity contribution < 1.29 is 9.18 Å². The molecular weight excluding hydrogens is 353 g/mol. The average molecular weight is 377 g/mol. The molecule has 0 spiro atoms. The van der Waals surface area contributed by atoms with Crippen molar-refractivity contribution in [3.8, 4) is 0 Å². The maximum absolute atomic E-state index is 12.9. The number of hydrogen-bond acceptors (Lipinski definition) is 3. The van der Waals surface area contributed by atoms with Crippen molar-refractivity contribution >= 4 is 11.6 Å². The number of anilines is 1. The summed E-state index contributed by atoms with van der Waals surface area (Å²) in [6.07, 6.45) is 5.84. The number of nitrogens with zero attached hydrogens (tertiary/aromatic N) is 1. The van der Waals surface area contributed by atoms with Gasteiger partial charge in [-0.2, -0.15) is 0 Å². The molecule has 5 heteroatoms. The van der Waals surface area contributed by atoms with Gasteiger partial charge in [-0.15, -0.1) is 0 Å². The van der Waals surface area contributed by atoms with Gasteiger partial charge in [0.2, 0.25) is 0 Å². The first-order valence-electron chi connectivity index (χ1n) is 9.46. The number of hydrogen-bond donors (Lipinski definition) is 2. The van der Waals surface area contributed by atoms with Gasteiger partial charge in [-0.05, 0) is 48.6 Å². The lowest BCUT2D eigenvalue weighted by molar-refractivity contribution is 0.0953. The lowest BCUT2D eigenvalue weighted by Gasteiger charge is -2.09. The van der Waals surface area contributed by atoms with Gasteiger partial charge in [-0.1, -0.05) is 42.5 Å². The van der Waals surface area contributed by atoms with E-state index in [0.717, 1.165) is 30.5 Å². The van der Waals surface area contributed by atoms with Crippen molar-refractivity contribution in [2.24, 2.45) is 0 Å². The number of carbonyl (C=O) groups is 1. The Balaban J connectivity index is 1.42. The zero-order valence-electron chi connectivity index (χ0n) is 15.7. The number of aromatic nitrogens is 1. The molecule has 3 aromatic rings. The van der Waals surface area contributed by atoms with Gasteiger partial charge in [0.05, 0.1) is 11.3 Å². The topological polar surface area (TPSA) is 54.0 Å². The highest BCUT2D eigenvalue weighted by molar-refractivity contribution is 5.94. The number of nitrogens with one attached hydrogen (secondary N) is 2. The van der Waals surface area contributed by atoms with E-state index in [1.165, 1.54) is 17.7 Å². The number of halogens is 1. The Kier molecular flexibility index (Phi) is 7.13.